The van der Waals surface area contributed by atoms with Crippen LogP contribution < -0.4 is 0 Å². The summed E-state index contributed by atoms with van der Waals surface area (Å²) in [7, 11) is 0. The maximum Gasteiger partial charge on any atom is 0.305 e. The summed E-state index contributed by atoms with van der Waals surface area (Å²) < 4.78 is 0. The number of hydrogen-bond donors (Lipinski definition) is 2. The monoisotopic (exact) mass is 342 g/mol. The van der Waals surface area contributed by atoms with Crippen molar-refractivity contribution in [2.75, 3.05) is 6.54 Å². The zero-order chi connectivity index (χ0) is 16.4. The highest BCUT2D eigenvalue weighted by Gasteiger charge is 2.24. The normalized spacial score (nSPS) is 11.1. The zero-order valence-electron chi connectivity index (χ0n) is 12.2. The third-order valence-electron chi connectivity index (χ3n) is 3.36. The van der Waals surface area contributed by atoms with Gasteiger partial charge in [-0.2, -0.15) is 0 Å². The van der Waals surface area contributed by atoms with Crippen molar-refractivity contribution in [1.82, 2.24) is 9.88 Å². The van der Waals surface area contributed by atoms with Gasteiger partial charge in [0.1, 0.15) is 5.69 Å². The Morgan fingerprint density at radius 1 is 1.32 bits per heavy atom. The van der Waals surface area contributed by atoms with Crippen LogP contribution in [0.1, 0.15) is 30.8 Å². The first kappa shape index (κ1) is 16.6. The molecule has 0 spiro atoms. The van der Waals surface area contributed by atoms with Crippen molar-refractivity contribution in [3.8, 4) is 0 Å². The molecule has 22 heavy (non-hydrogen) atoms. The molecule has 118 valence electrons. The molecule has 0 atom stereocenters. The Kier molecular flexibility index (Phi) is 4.98. The highest BCUT2D eigenvalue weighted by Crippen LogP contribution is 2.30. The maximum atomic E-state index is 12.7. The van der Waals surface area contributed by atoms with Crippen molar-refractivity contribution in [2.24, 2.45) is 0 Å². The van der Waals surface area contributed by atoms with Crippen LogP contribution in [0.15, 0.2) is 18.2 Å². The van der Waals surface area contributed by atoms with Crippen molar-refractivity contribution < 1.29 is 14.7 Å². The Morgan fingerprint density at radius 2 is 2.00 bits per heavy atom. The van der Waals surface area contributed by atoms with Gasteiger partial charge in [0.25, 0.3) is 5.91 Å². The van der Waals surface area contributed by atoms with E-state index in [4.69, 9.17) is 28.3 Å². The molecule has 2 aromatic rings. The van der Waals surface area contributed by atoms with Crippen LogP contribution in [0.5, 0.6) is 0 Å². The Labute approximate surface area is 137 Å². The predicted molar refractivity (Wildman–Crippen MR) is 86.7 cm³/mol. The number of carbonyl (C=O) groups is 2. The topological polar surface area (TPSA) is 73.4 Å². The van der Waals surface area contributed by atoms with E-state index in [1.165, 1.54) is 4.90 Å². The Bertz CT molecular complexity index is 725. The molecule has 0 aliphatic carbocycles. The average Bonchev–Trinajstić information content (AvgIpc) is 2.75. The quantitative estimate of drug-likeness (QED) is 0.867. The van der Waals surface area contributed by atoms with Crippen LogP contribution in [0.3, 0.4) is 0 Å². The van der Waals surface area contributed by atoms with E-state index < -0.39 is 5.97 Å². The molecule has 2 N–H and O–H groups in total. The number of aliphatic carboxylic acids is 1. The SMILES string of the molecule is CC(C)N(CCC(=O)O)C(=O)c1[nH]c2ccc(Cl)cc2c1Cl. The predicted octanol–water partition coefficient (Wildman–Crippen LogP) is 3.80. The molecule has 0 saturated carbocycles. The molecule has 1 aromatic carbocycles. The van der Waals surface area contributed by atoms with Crippen LogP contribution in [0.2, 0.25) is 10.0 Å². The molecule has 0 aliphatic rings. The largest absolute Gasteiger partial charge is 0.481 e. The molecule has 0 unspecified atom stereocenters. The van der Waals surface area contributed by atoms with E-state index in [9.17, 15) is 9.59 Å². The molecular formula is C15H16Cl2N2O3. The summed E-state index contributed by atoms with van der Waals surface area (Å²) in [6, 6.07) is 4.99. The minimum absolute atomic E-state index is 0.117. The second-order valence-electron chi connectivity index (χ2n) is 5.24. The van der Waals surface area contributed by atoms with E-state index in [0.29, 0.717) is 20.9 Å². The van der Waals surface area contributed by atoms with E-state index in [1.807, 2.05) is 13.8 Å². The number of amides is 1. The molecule has 1 aromatic heterocycles. The van der Waals surface area contributed by atoms with E-state index in [1.54, 1.807) is 18.2 Å². The lowest BCUT2D eigenvalue weighted by atomic mass is 10.2. The first-order valence-electron chi connectivity index (χ1n) is 6.80. The third-order valence-corrected chi connectivity index (χ3v) is 3.99. The fourth-order valence-corrected chi connectivity index (χ4v) is 2.69. The van der Waals surface area contributed by atoms with Crippen LogP contribution >= 0.6 is 23.2 Å². The Balaban J connectivity index is 2.38. The molecule has 0 fully saturated rings. The number of aromatic nitrogens is 1. The summed E-state index contributed by atoms with van der Waals surface area (Å²) in [4.78, 5) is 27.9. The van der Waals surface area contributed by atoms with Crippen molar-refractivity contribution in [2.45, 2.75) is 26.3 Å². The van der Waals surface area contributed by atoms with Gasteiger partial charge in [-0.25, -0.2) is 0 Å². The second-order valence-corrected chi connectivity index (χ2v) is 6.05. The van der Waals surface area contributed by atoms with Gasteiger partial charge >= 0.3 is 5.97 Å². The van der Waals surface area contributed by atoms with Crippen LogP contribution in [0.25, 0.3) is 10.9 Å². The summed E-state index contributed by atoms with van der Waals surface area (Å²) in [5.41, 5.74) is 0.956. The summed E-state index contributed by atoms with van der Waals surface area (Å²) in [6.45, 7) is 3.78. The number of rotatable bonds is 5. The number of nitrogens with zero attached hydrogens (tertiary/aromatic N) is 1. The van der Waals surface area contributed by atoms with Crippen LogP contribution in [-0.4, -0.2) is 39.5 Å². The highest BCUT2D eigenvalue weighted by molar-refractivity contribution is 6.39. The number of carbonyl (C=O) groups excluding carboxylic acids is 1. The van der Waals surface area contributed by atoms with E-state index in [0.717, 1.165) is 0 Å². The lowest BCUT2D eigenvalue weighted by molar-refractivity contribution is -0.137. The highest BCUT2D eigenvalue weighted by atomic mass is 35.5. The van der Waals surface area contributed by atoms with Gasteiger partial charge in [-0.3, -0.25) is 9.59 Å². The zero-order valence-corrected chi connectivity index (χ0v) is 13.7. The fourth-order valence-electron chi connectivity index (χ4n) is 2.23. The van der Waals surface area contributed by atoms with Gasteiger partial charge in [-0.15, -0.1) is 0 Å². The first-order chi connectivity index (χ1) is 10.3. The van der Waals surface area contributed by atoms with E-state index >= 15 is 0 Å². The summed E-state index contributed by atoms with van der Waals surface area (Å²) in [5.74, 6) is -1.28. The molecule has 2 rings (SSSR count). The van der Waals surface area contributed by atoms with Crippen molar-refractivity contribution >= 4 is 46.0 Å². The third kappa shape index (κ3) is 3.36. The molecular weight excluding hydrogens is 327 g/mol. The molecule has 1 heterocycles. The fraction of sp³-hybridized carbons (Fsp3) is 0.333. The smallest absolute Gasteiger partial charge is 0.305 e. The molecule has 0 saturated heterocycles. The van der Waals surface area contributed by atoms with Gasteiger partial charge in [0, 0.05) is 28.5 Å². The molecule has 0 bridgehead atoms. The van der Waals surface area contributed by atoms with Gasteiger partial charge in [-0.05, 0) is 32.0 Å². The number of nitrogens with one attached hydrogen (secondary N) is 1. The Hall–Kier alpha value is -1.72. The number of carboxylic acid groups (broad SMARTS) is 1. The van der Waals surface area contributed by atoms with Gasteiger partial charge < -0.3 is 15.0 Å². The summed E-state index contributed by atoms with van der Waals surface area (Å²) >= 11 is 12.2. The van der Waals surface area contributed by atoms with E-state index in [-0.39, 0.29) is 30.6 Å². The molecule has 7 heteroatoms. The minimum Gasteiger partial charge on any atom is -0.481 e. The van der Waals surface area contributed by atoms with Crippen LogP contribution in [0.4, 0.5) is 0 Å². The Morgan fingerprint density at radius 3 is 2.59 bits per heavy atom. The summed E-state index contributed by atoms with van der Waals surface area (Å²) in [5, 5.41) is 10.3. The first-order valence-corrected chi connectivity index (χ1v) is 7.56. The van der Waals surface area contributed by atoms with Crippen molar-refractivity contribution in [3.63, 3.8) is 0 Å². The van der Waals surface area contributed by atoms with Crippen LogP contribution in [0, 0.1) is 0 Å². The number of aromatic amines is 1. The maximum absolute atomic E-state index is 12.7. The van der Waals surface area contributed by atoms with Gasteiger partial charge in [0.2, 0.25) is 0 Å². The minimum atomic E-state index is -0.951. The van der Waals surface area contributed by atoms with E-state index in [2.05, 4.69) is 4.98 Å². The van der Waals surface area contributed by atoms with Crippen molar-refractivity contribution in [3.05, 3.63) is 33.9 Å². The number of hydrogen-bond acceptors (Lipinski definition) is 2. The average molecular weight is 343 g/mol. The lowest BCUT2D eigenvalue weighted by Gasteiger charge is -2.25. The number of H-pyrrole nitrogens is 1. The molecule has 5 nitrogen and oxygen atoms in total. The number of fused-ring (bicyclic) bond motifs is 1. The summed E-state index contributed by atoms with van der Waals surface area (Å²) in [6.07, 6.45) is -0.117. The number of halogens is 2. The van der Waals surface area contributed by atoms with Crippen LogP contribution in [-0.2, 0) is 4.79 Å². The number of benzene rings is 1. The van der Waals surface area contributed by atoms with Gasteiger partial charge in [-0.1, -0.05) is 23.2 Å². The van der Waals surface area contributed by atoms with Gasteiger partial charge in [0.05, 0.1) is 11.4 Å². The van der Waals surface area contributed by atoms with Gasteiger partial charge in [0.15, 0.2) is 0 Å². The lowest BCUT2D eigenvalue weighted by Crippen LogP contribution is -2.38. The molecule has 0 radical (unpaired) electrons. The number of carboxylic acids is 1. The molecule has 0 aliphatic heterocycles. The standard InChI is InChI=1S/C15H16Cl2N2O3/c1-8(2)19(6-5-12(20)21)15(22)14-13(17)10-7-9(16)3-4-11(10)18-14/h3-4,7-8,18H,5-6H2,1-2H3,(H,20,21). The van der Waals surface area contributed by atoms with Crippen molar-refractivity contribution in [1.29, 1.82) is 0 Å². The second kappa shape index (κ2) is 6.58. The molecule has 1 amide bonds.